The third-order valence-corrected chi connectivity index (χ3v) is 4.95. The Labute approximate surface area is 187 Å². The molecule has 2 heterocycles. The summed E-state index contributed by atoms with van der Waals surface area (Å²) in [7, 11) is 0. The van der Waals surface area contributed by atoms with E-state index in [1.54, 1.807) is 48.5 Å². The van der Waals surface area contributed by atoms with E-state index in [4.69, 9.17) is 19.9 Å². The minimum Gasteiger partial charge on any atom is -0.452 e. The molecule has 0 spiro atoms. The minimum absolute atomic E-state index is 0.113. The van der Waals surface area contributed by atoms with Crippen LogP contribution < -0.4 is 11.4 Å². The molecular formula is C22H20N4O7. The van der Waals surface area contributed by atoms with Crippen molar-refractivity contribution in [2.45, 2.75) is 24.5 Å². The molecule has 170 valence electrons. The van der Waals surface area contributed by atoms with Crippen LogP contribution in [0.5, 0.6) is 0 Å². The van der Waals surface area contributed by atoms with Crippen molar-refractivity contribution in [3.63, 3.8) is 0 Å². The quantitative estimate of drug-likeness (QED) is 0.507. The van der Waals surface area contributed by atoms with Gasteiger partial charge in [-0.05, 0) is 24.3 Å². The highest BCUT2D eigenvalue weighted by Gasteiger charge is 2.51. The fourth-order valence-corrected chi connectivity index (χ4v) is 3.39. The average molecular weight is 452 g/mol. The van der Waals surface area contributed by atoms with Gasteiger partial charge in [0.15, 0.2) is 18.4 Å². The summed E-state index contributed by atoms with van der Waals surface area (Å²) < 4.78 is 17.7. The number of nitrogens with two attached hydrogens (primary N) is 1. The van der Waals surface area contributed by atoms with Crippen LogP contribution in [0.3, 0.4) is 0 Å². The molecule has 2 aromatic carbocycles. The van der Waals surface area contributed by atoms with Crippen molar-refractivity contribution in [1.82, 2.24) is 14.8 Å². The highest BCUT2D eigenvalue weighted by molar-refractivity contribution is 5.90. The molecule has 0 radical (unpaired) electrons. The lowest BCUT2D eigenvalue weighted by molar-refractivity contribution is -0.0669. The molecule has 11 heteroatoms. The Balaban J connectivity index is 1.69. The Kier molecular flexibility index (Phi) is 6.43. The van der Waals surface area contributed by atoms with Crippen molar-refractivity contribution in [3.05, 3.63) is 88.5 Å². The van der Waals surface area contributed by atoms with Crippen LogP contribution in [0.4, 0.5) is 5.82 Å². The highest BCUT2D eigenvalue weighted by atomic mass is 16.6. The average Bonchev–Trinajstić information content (AvgIpc) is 3.16. The maximum Gasteiger partial charge on any atom is 0.368 e. The van der Waals surface area contributed by atoms with E-state index in [-0.39, 0.29) is 16.9 Å². The molecule has 0 aliphatic carbocycles. The second-order valence-corrected chi connectivity index (χ2v) is 7.13. The number of nitrogen functional groups attached to an aromatic ring is 1. The van der Waals surface area contributed by atoms with Crippen molar-refractivity contribution in [2.75, 3.05) is 12.3 Å². The number of nitrogens with zero attached hydrogens (tertiary/aromatic N) is 3. The number of aromatic nitrogens is 3. The van der Waals surface area contributed by atoms with Gasteiger partial charge in [-0.25, -0.2) is 14.4 Å². The normalized spacial score (nSPS) is 22.0. The van der Waals surface area contributed by atoms with E-state index in [0.29, 0.717) is 0 Å². The van der Waals surface area contributed by atoms with Crippen LogP contribution in [0.1, 0.15) is 26.9 Å². The first kappa shape index (κ1) is 22.1. The van der Waals surface area contributed by atoms with E-state index in [1.807, 2.05) is 0 Å². The maximum atomic E-state index is 12.8. The van der Waals surface area contributed by atoms with E-state index < -0.39 is 48.8 Å². The van der Waals surface area contributed by atoms with Crippen LogP contribution in [-0.4, -0.2) is 56.7 Å². The zero-order valence-electron chi connectivity index (χ0n) is 17.2. The number of benzene rings is 2. The lowest BCUT2D eigenvalue weighted by Crippen LogP contribution is -2.42. The van der Waals surface area contributed by atoms with Crippen LogP contribution >= 0.6 is 0 Å². The maximum absolute atomic E-state index is 12.8. The van der Waals surface area contributed by atoms with Gasteiger partial charge in [-0.15, -0.1) is 0 Å². The molecule has 0 unspecified atom stereocenters. The van der Waals surface area contributed by atoms with Gasteiger partial charge >= 0.3 is 17.6 Å². The van der Waals surface area contributed by atoms with Gasteiger partial charge in [-0.2, -0.15) is 14.8 Å². The zero-order chi connectivity index (χ0) is 23.4. The number of rotatable bonds is 6. The first-order valence-corrected chi connectivity index (χ1v) is 9.97. The lowest BCUT2D eigenvalue weighted by Gasteiger charge is -2.24. The van der Waals surface area contributed by atoms with Gasteiger partial charge in [0.2, 0.25) is 0 Å². The Bertz CT molecular complexity index is 1190. The second-order valence-electron chi connectivity index (χ2n) is 7.13. The summed E-state index contributed by atoms with van der Waals surface area (Å²) in [6, 6.07) is 16.3. The molecule has 33 heavy (non-hydrogen) atoms. The number of carbonyl (C=O) groups is 2. The monoisotopic (exact) mass is 452 g/mol. The molecule has 1 aliphatic heterocycles. The van der Waals surface area contributed by atoms with Crippen molar-refractivity contribution in [3.8, 4) is 0 Å². The first-order valence-electron chi connectivity index (χ1n) is 9.97. The van der Waals surface area contributed by atoms with Gasteiger partial charge in [0.05, 0.1) is 23.9 Å². The number of aliphatic hydroxyl groups is 1. The van der Waals surface area contributed by atoms with Gasteiger partial charge in [0, 0.05) is 0 Å². The third kappa shape index (κ3) is 4.73. The summed E-state index contributed by atoms with van der Waals surface area (Å²) in [4.78, 5) is 41.5. The summed E-state index contributed by atoms with van der Waals surface area (Å²) in [5.74, 6) is -1.58. The van der Waals surface area contributed by atoms with Crippen LogP contribution in [0.15, 0.2) is 71.7 Å². The van der Waals surface area contributed by atoms with E-state index in [2.05, 4.69) is 10.1 Å². The van der Waals surface area contributed by atoms with E-state index >= 15 is 0 Å². The summed E-state index contributed by atoms with van der Waals surface area (Å²) in [5, 5.41) is 13.8. The Morgan fingerprint density at radius 1 is 0.970 bits per heavy atom. The number of ether oxygens (including phenoxy) is 3. The van der Waals surface area contributed by atoms with Gasteiger partial charge in [0.25, 0.3) is 0 Å². The first-order chi connectivity index (χ1) is 16.0. The molecule has 0 saturated carbocycles. The predicted molar refractivity (Wildman–Crippen MR) is 113 cm³/mol. The predicted octanol–water partition coefficient (Wildman–Crippen LogP) is 0.561. The zero-order valence-corrected chi connectivity index (χ0v) is 17.2. The van der Waals surface area contributed by atoms with Crippen molar-refractivity contribution in [1.29, 1.82) is 0 Å². The summed E-state index contributed by atoms with van der Waals surface area (Å²) in [5.41, 5.74) is 5.11. The van der Waals surface area contributed by atoms with Crippen LogP contribution in [0.2, 0.25) is 0 Å². The van der Waals surface area contributed by atoms with E-state index in [0.717, 1.165) is 10.9 Å². The minimum atomic E-state index is -1.33. The van der Waals surface area contributed by atoms with Crippen molar-refractivity contribution >= 4 is 17.8 Å². The molecule has 1 fully saturated rings. The molecule has 3 aromatic rings. The van der Waals surface area contributed by atoms with Crippen LogP contribution in [0.25, 0.3) is 0 Å². The van der Waals surface area contributed by atoms with Gasteiger partial charge in [-0.3, -0.25) is 0 Å². The van der Waals surface area contributed by atoms with Gasteiger partial charge in [0.1, 0.15) is 11.9 Å². The number of hydrogen-bond donors (Lipinski definition) is 2. The SMILES string of the molecule is Nc1cnn([C@@H]2O[C@H](CO)[C@@H](OC(=O)c3ccccc3)[C@H]2OC(=O)c2ccccc2)c(=O)n1. The summed E-state index contributed by atoms with van der Waals surface area (Å²) in [6.45, 7) is -0.584. The fourth-order valence-electron chi connectivity index (χ4n) is 3.39. The standard InChI is InChI=1S/C22H20N4O7/c23-16-11-24-26(22(30)25-16)19-18(33-21(29)14-9-5-2-6-10-14)17(15(12-27)31-19)32-20(28)13-7-3-1-4-8-13/h1-11,15,17-19,27H,12H2,(H2,23,25,30)/t15-,17-,18-,19-/m1/s1. The Morgan fingerprint density at radius 2 is 1.52 bits per heavy atom. The van der Waals surface area contributed by atoms with Crippen LogP contribution in [0, 0.1) is 0 Å². The number of esters is 2. The van der Waals surface area contributed by atoms with E-state index in [9.17, 15) is 19.5 Å². The molecule has 1 saturated heterocycles. The molecule has 1 aliphatic rings. The molecular weight excluding hydrogens is 432 g/mol. The van der Waals surface area contributed by atoms with Crippen molar-refractivity contribution in [2.24, 2.45) is 0 Å². The summed E-state index contributed by atoms with van der Waals surface area (Å²) >= 11 is 0. The smallest absolute Gasteiger partial charge is 0.368 e. The number of hydrogen-bond acceptors (Lipinski definition) is 10. The molecule has 4 rings (SSSR count). The van der Waals surface area contributed by atoms with Gasteiger partial charge in [-0.1, -0.05) is 36.4 Å². The van der Waals surface area contributed by atoms with Crippen molar-refractivity contribution < 1.29 is 28.9 Å². The Hall–Kier alpha value is -4.09. The molecule has 1 aromatic heterocycles. The molecule has 4 atom stereocenters. The fraction of sp³-hybridized carbons (Fsp3) is 0.227. The molecule has 0 bridgehead atoms. The topological polar surface area (TPSA) is 156 Å². The lowest BCUT2D eigenvalue weighted by atomic mass is 10.1. The number of anilines is 1. The summed E-state index contributed by atoms with van der Waals surface area (Å²) in [6.07, 6.45) is -3.88. The third-order valence-electron chi connectivity index (χ3n) is 4.95. The van der Waals surface area contributed by atoms with E-state index in [1.165, 1.54) is 12.1 Å². The number of carbonyl (C=O) groups excluding carboxylic acids is 2. The van der Waals surface area contributed by atoms with Crippen LogP contribution in [-0.2, 0) is 14.2 Å². The Morgan fingerprint density at radius 3 is 2.03 bits per heavy atom. The van der Waals surface area contributed by atoms with Gasteiger partial charge < -0.3 is 25.1 Å². The second kappa shape index (κ2) is 9.59. The number of aliphatic hydroxyl groups excluding tert-OH is 1. The molecule has 11 nitrogen and oxygen atoms in total. The largest absolute Gasteiger partial charge is 0.452 e. The molecule has 0 amide bonds. The highest BCUT2D eigenvalue weighted by Crippen LogP contribution is 2.33. The molecule has 3 N–H and O–H groups in total.